The van der Waals surface area contributed by atoms with Crippen LogP contribution in [-0.2, 0) is 9.53 Å². The number of carbonyl (C=O) groups excluding carboxylic acids is 1. The van der Waals surface area contributed by atoms with E-state index in [0.717, 1.165) is 0 Å². The number of nitrogens with two attached hydrogens (primary N) is 1. The molecular formula is C13H24N2O4. The predicted molar refractivity (Wildman–Crippen MR) is 70.7 cm³/mol. The lowest BCUT2D eigenvalue weighted by Crippen LogP contribution is -2.51. The SMILES string of the molecule is CC(C)(C)OC(=O)NCC1CCC(N)(C(=O)O)CC1. The van der Waals surface area contributed by atoms with Crippen molar-refractivity contribution in [2.75, 3.05) is 6.54 Å². The van der Waals surface area contributed by atoms with Crippen LogP contribution < -0.4 is 11.1 Å². The minimum Gasteiger partial charge on any atom is -0.480 e. The molecule has 1 rings (SSSR count). The Hall–Kier alpha value is -1.30. The first-order valence-corrected chi connectivity index (χ1v) is 6.61. The fourth-order valence-electron chi connectivity index (χ4n) is 2.15. The van der Waals surface area contributed by atoms with E-state index in [9.17, 15) is 9.59 Å². The van der Waals surface area contributed by atoms with Gasteiger partial charge < -0.3 is 20.9 Å². The van der Waals surface area contributed by atoms with Crippen molar-refractivity contribution in [2.24, 2.45) is 11.7 Å². The third-order valence-electron chi connectivity index (χ3n) is 3.36. The van der Waals surface area contributed by atoms with E-state index in [4.69, 9.17) is 15.6 Å². The van der Waals surface area contributed by atoms with Crippen LogP contribution in [0.15, 0.2) is 0 Å². The summed E-state index contributed by atoms with van der Waals surface area (Å²) >= 11 is 0. The zero-order valence-corrected chi connectivity index (χ0v) is 11.9. The maximum Gasteiger partial charge on any atom is 0.407 e. The summed E-state index contributed by atoms with van der Waals surface area (Å²) in [7, 11) is 0. The largest absolute Gasteiger partial charge is 0.480 e. The van der Waals surface area contributed by atoms with Crippen LogP contribution >= 0.6 is 0 Å². The van der Waals surface area contributed by atoms with E-state index < -0.39 is 23.2 Å². The third-order valence-corrected chi connectivity index (χ3v) is 3.36. The van der Waals surface area contributed by atoms with Gasteiger partial charge in [-0.05, 0) is 52.4 Å². The highest BCUT2D eigenvalue weighted by Gasteiger charge is 2.38. The predicted octanol–water partition coefficient (Wildman–Crippen LogP) is 1.48. The molecule has 19 heavy (non-hydrogen) atoms. The average Bonchev–Trinajstić information content (AvgIpc) is 2.26. The maximum atomic E-state index is 11.5. The monoisotopic (exact) mass is 272 g/mol. The second kappa shape index (κ2) is 5.77. The van der Waals surface area contributed by atoms with Crippen molar-refractivity contribution < 1.29 is 19.4 Å². The lowest BCUT2D eigenvalue weighted by molar-refractivity contribution is -0.145. The molecule has 6 nitrogen and oxygen atoms in total. The van der Waals surface area contributed by atoms with Crippen molar-refractivity contribution in [1.82, 2.24) is 5.32 Å². The number of carboxylic acids is 1. The number of hydrogen-bond donors (Lipinski definition) is 3. The Morgan fingerprint density at radius 2 is 1.89 bits per heavy atom. The highest BCUT2D eigenvalue weighted by molar-refractivity contribution is 5.78. The second-order valence-electron chi connectivity index (χ2n) is 6.29. The third kappa shape index (κ3) is 5.06. The van der Waals surface area contributed by atoms with Crippen molar-refractivity contribution in [3.63, 3.8) is 0 Å². The fourth-order valence-corrected chi connectivity index (χ4v) is 2.15. The summed E-state index contributed by atoms with van der Waals surface area (Å²) in [6.07, 6.45) is 1.87. The standard InChI is InChI=1S/C13H24N2O4/c1-12(2,3)19-11(18)15-8-9-4-6-13(14,7-5-9)10(16)17/h9H,4-8,14H2,1-3H3,(H,15,18)(H,16,17). The molecule has 1 amide bonds. The zero-order chi connectivity index (χ0) is 14.7. The van der Waals surface area contributed by atoms with Gasteiger partial charge in [0.1, 0.15) is 11.1 Å². The van der Waals surface area contributed by atoms with Crippen LogP contribution in [0.3, 0.4) is 0 Å². The fraction of sp³-hybridized carbons (Fsp3) is 0.846. The molecule has 0 aromatic rings. The Balaban J connectivity index is 2.31. The molecule has 1 fully saturated rings. The van der Waals surface area contributed by atoms with Crippen LogP contribution in [-0.4, -0.2) is 34.9 Å². The number of alkyl carbamates (subject to hydrolysis) is 1. The number of nitrogens with one attached hydrogen (secondary N) is 1. The highest BCUT2D eigenvalue weighted by Crippen LogP contribution is 2.30. The lowest BCUT2D eigenvalue weighted by atomic mass is 9.77. The summed E-state index contributed by atoms with van der Waals surface area (Å²) in [4.78, 5) is 22.5. The second-order valence-corrected chi connectivity index (χ2v) is 6.29. The molecule has 1 saturated carbocycles. The maximum absolute atomic E-state index is 11.5. The number of hydrogen-bond acceptors (Lipinski definition) is 4. The molecule has 6 heteroatoms. The van der Waals surface area contributed by atoms with Gasteiger partial charge in [-0.3, -0.25) is 4.79 Å². The Morgan fingerprint density at radius 3 is 2.32 bits per heavy atom. The molecular weight excluding hydrogens is 248 g/mol. The average molecular weight is 272 g/mol. The van der Waals surface area contributed by atoms with Crippen molar-refractivity contribution in [2.45, 2.75) is 57.6 Å². The summed E-state index contributed by atoms with van der Waals surface area (Å²) in [6, 6.07) is 0. The Morgan fingerprint density at radius 1 is 1.37 bits per heavy atom. The number of carbonyl (C=O) groups is 2. The summed E-state index contributed by atoms with van der Waals surface area (Å²) in [5.41, 5.74) is 4.19. The van der Waals surface area contributed by atoms with Crippen LogP contribution in [0.5, 0.6) is 0 Å². The van der Waals surface area contributed by atoms with E-state index in [-0.39, 0.29) is 5.92 Å². The van der Waals surface area contributed by atoms with Crippen LogP contribution in [0.2, 0.25) is 0 Å². The molecule has 0 radical (unpaired) electrons. The van der Waals surface area contributed by atoms with Crippen molar-refractivity contribution in [3.8, 4) is 0 Å². The molecule has 0 aromatic heterocycles. The first kappa shape index (κ1) is 15.8. The van der Waals surface area contributed by atoms with Gasteiger partial charge >= 0.3 is 12.1 Å². The van der Waals surface area contributed by atoms with Gasteiger partial charge in [0.15, 0.2) is 0 Å². The molecule has 0 heterocycles. The number of amides is 1. The minimum absolute atomic E-state index is 0.267. The molecule has 4 N–H and O–H groups in total. The van der Waals surface area contributed by atoms with E-state index in [2.05, 4.69) is 5.32 Å². The number of carboxylic acid groups (broad SMARTS) is 1. The Labute approximate surface area is 113 Å². The summed E-state index contributed by atoms with van der Waals surface area (Å²) in [5, 5.41) is 11.7. The molecule has 0 atom stereocenters. The van der Waals surface area contributed by atoms with E-state index in [1.807, 2.05) is 20.8 Å². The van der Waals surface area contributed by atoms with Gasteiger partial charge in [-0.1, -0.05) is 0 Å². The molecule has 0 unspecified atom stereocenters. The molecule has 1 aliphatic rings. The van der Waals surface area contributed by atoms with Crippen LogP contribution in [0.4, 0.5) is 4.79 Å². The van der Waals surface area contributed by atoms with Crippen molar-refractivity contribution in [3.05, 3.63) is 0 Å². The quantitative estimate of drug-likeness (QED) is 0.722. The van der Waals surface area contributed by atoms with Crippen LogP contribution in [0.1, 0.15) is 46.5 Å². The van der Waals surface area contributed by atoms with Gasteiger partial charge in [0.25, 0.3) is 0 Å². The van der Waals surface area contributed by atoms with Gasteiger partial charge in [0, 0.05) is 6.54 Å². The van der Waals surface area contributed by atoms with Gasteiger partial charge in [-0.25, -0.2) is 4.79 Å². The topological polar surface area (TPSA) is 102 Å². The number of aliphatic carboxylic acids is 1. The van der Waals surface area contributed by atoms with Gasteiger partial charge in [-0.2, -0.15) is 0 Å². The van der Waals surface area contributed by atoms with Gasteiger partial charge in [0.05, 0.1) is 0 Å². The first-order valence-electron chi connectivity index (χ1n) is 6.61. The van der Waals surface area contributed by atoms with E-state index >= 15 is 0 Å². The molecule has 0 bridgehead atoms. The minimum atomic E-state index is -1.09. The lowest BCUT2D eigenvalue weighted by Gasteiger charge is -2.33. The summed E-state index contributed by atoms with van der Waals surface area (Å²) in [6.45, 7) is 5.93. The van der Waals surface area contributed by atoms with Crippen LogP contribution in [0, 0.1) is 5.92 Å². The van der Waals surface area contributed by atoms with E-state index in [0.29, 0.717) is 32.2 Å². The van der Waals surface area contributed by atoms with Crippen molar-refractivity contribution in [1.29, 1.82) is 0 Å². The first-order chi connectivity index (χ1) is 8.62. The van der Waals surface area contributed by atoms with Crippen molar-refractivity contribution >= 4 is 12.1 Å². The highest BCUT2D eigenvalue weighted by atomic mass is 16.6. The summed E-state index contributed by atoms with van der Waals surface area (Å²) in [5.74, 6) is -0.672. The van der Waals surface area contributed by atoms with Crippen LogP contribution in [0.25, 0.3) is 0 Å². The van der Waals surface area contributed by atoms with Gasteiger partial charge in [-0.15, -0.1) is 0 Å². The smallest absolute Gasteiger partial charge is 0.407 e. The number of rotatable bonds is 3. The molecule has 0 spiro atoms. The molecule has 1 aliphatic carbocycles. The zero-order valence-electron chi connectivity index (χ0n) is 11.9. The Bertz CT molecular complexity index is 341. The normalized spacial score (nSPS) is 27.7. The Kier molecular flexibility index (Phi) is 4.79. The van der Waals surface area contributed by atoms with Gasteiger partial charge in [0.2, 0.25) is 0 Å². The number of ether oxygens (including phenoxy) is 1. The molecule has 0 saturated heterocycles. The molecule has 0 aliphatic heterocycles. The molecule has 110 valence electrons. The van der Waals surface area contributed by atoms with E-state index in [1.54, 1.807) is 0 Å². The molecule has 0 aromatic carbocycles. The summed E-state index contributed by atoms with van der Waals surface area (Å²) < 4.78 is 5.14. The van der Waals surface area contributed by atoms with E-state index in [1.165, 1.54) is 0 Å².